The molecular formula is C35H50N4O7S. The highest BCUT2D eigenvalue weighted by molar-refractivity contribution is 7.93. The van der Waals surface area contributed by atoms with Crippen LogP contribution in [0.2, 0.25) is 0 Å². The first-order valence-corrected chi connectivity index (χ1v) is 17.9. The number of sulfone groups is 1. The molecule has 0 bridgehead atoms. The van der Waals surface area contributed by atoms with Gasteiger partial charge in [-0.3, -0.25) is 14.4 Å². The molecule has 0 fully saturated rings. The van der Waals surface area contributed by atoms with Crippen LogP contribution in [0.25, 0.3) is 0 Å². The Kier molecular flexibility index (Phi) is 16.1. The molecule has 0 radical (unpaired) electrons. The molecule has 4 amide bonds. The highest BCUT2D eigenvalue weighted by Crippen LogP contribution is 2.12. The number of hydrogen-bond acceptors (Lipinski definition) is 7. The average Bonchev–Trinajstić information content (AvgIpc) is 3.03. The summed E-state index contributed by atoms with van der Waals surface area (Å²) < 4.78 is 28.6. The van der Waals surface area contributed by atoms with Crippen molar-refractivity contribution in [2.75, 3.05) is 6.26 Å². The van der Waals surface area contributed by atoms with Crippen molar-refractivity contribution in [3.05, 3.63) is 83.3 Å². The highest BCUT2D eigenvalue weighted by atomic mass is 32.2. The lowest BCUT2D eigenvalue weighted by atomic mass is 9.97. The molecule has 0 spiro atoms. The van der Waals surface area contributed by atoms with E-state index in [2.05, 4.69) is 21.3 Å². The first-order chi connectivity index (χ1) is 22.2. The summed E-state index contributed by atoms with van der Waals surface area (Å²) in [6, 6.07) is 15.1. The van der Waals surface area contributed by atoms with Crippen LogP contribution in [-0.4, -0.2) is 62.7 Å². The van der Waals surface area contributed by atoms with Crippen molar-refractivity contribution in [3.8, 4) is 0 Å². The minimum absolute atomic E-state index is 0.0334. The van der Waals surface area contributed by atoms with Gasteiger partial charge in [-0.25, -0.2) is 13.2 Å². The number of aryl methyl sites for hydroxylation is 1. The SMILES string of the molecule is CCC(C)C(NC(=O)OCc1ccccc1)C(=O)NC(CCc1ccccc1)C(=O)NC(C)C(=O)NC(C=CS(C)(=O)=O)CC(C)C. The molecule has 0 heterocycles. The lowest BCUT2D eigenvalue weighted by molar-refractivity contribution is -0.133. The lowest BCUT2D eigenvalue weighted by Crippen LogP contribution is -2.57. The van der Waals surface area contributed by atoms with Crippen LogP contribution < -0.4 is 21.3 Å². The predicted molar refractivity (Wildman–Crippen MR) is 183 cm³/mol. The van der Waals surface area contributed by atoms with Gasteiger partial charge in [0, 0.05) is 17.7 Å². The van der Waals surface area contributed by atoms with Crippen molar-refractivity contribution < 1.29 is 32.3 Å². The molecule has 4 N–H and O–H groups in total. The van der Waals surface area contributed by atoms with Crippen LogP contribution in [0.1, 0.15) is 65.0 Å². The molecule has 12 heteroatoms. The van der Waals surface area contributed by atoms with Gasteiger partial charge in [-0.2, -0.15) is 0 Å². The summed E-state index contributed by atoms with van der Waals surface area (Å²) >= 11 is 0. The van der Waals surface area contributed by atoms with Gasteiger partial charge in [-0.1, -0.05) is 101 Å². The largest absolute Gasteiger partial charge is 0.445 e. The van der Waals surface area contributed by atoms with Gasteiger partial charge in [0.05, 0.1) is 0 Å². The quantitative estimate of drug-likeness (QED) is 0.186. The van der Waals surface area contributed by atoms with E-state index >= 15 is 0 Å². The third-order valence-electron chi connectivity index (χ3n) is 7.54. The van der Waals surface area contributed by atoms with E-state index in [0.29, 0.717) is 19.3 Å². The van der Waals surface area contributed by atoms with Crippen molar-refractivity contribution in [2.24, 2.45) is 11.8 Å². The van der Waals surface area contributed by atoms with E-state index in [1.54, 1.807) is 0 Å². The summed E-state index contributed by atoms with van der Waals surface area (Å²) in [7, 11) is -3.40. The molecule has 0 aliphatic carbocycles. The normalized spacial score (nSPS) is 14.8. The van der Waals surface area contributed by atoms with Crippen molar-refractivity contribution in [3.63, 3.8) is 0 Å². The summed E-state index contributed by atoms with van der Waals surface area (Å²) in [5, 5.41) is 12.0. The average molecular weight is 671 g/mol. The number of alkyl carbamates (subject to hydrolysis) is 1. The van der Waals surface area contributed by atoms with Crippen LogP contribution in [0.3, 0.4) is 0 Å². The molecule has 0 aromatic heterocycles. The summed E-state index contributed by atoms with van der Waals surface area (Å²) in [5.41, 5.74) is 1.76. The Morgan fingerprint density at radius 2 is 1.38 bits per heavy atom. The maximum absolute atomic E-state index is 13.6. The summed E-state index contributed by atoms with van der Waals surface area (Å²) in [6.07, 6.45) is 3.50. The second kappa shape index (κ2) is 19.5. The number of amides is 4. The Hall–Kier alpha value is -4.19. The molecule has 0 saturated carbocycles. The summed E-state index contributed by atoms with van der Waals surface area (Å²) in [6.45, 7) is 9.15. The van der Waals surface area contributed by atoms with E-state index in [1.807, 2.05) is 88.4 Å². The minimum atomic E-state index is -3.40. The fraction of sp³-hybridized carbons (Fsp3) is 0.486. The van der Waals surface area contributed by atoms with E-state index < -0.39 is 57.8 Å². The Balaban J connectivity index is 2.17. The number of rotatable bonds is 18. The highest BCUT2D eigenvalue weighted by Gasteiger charge is 2.31. The zero-order valence-corrected chi connectivity index (χ0v) is 29.0. The van der Waals surface area contributed by atoms with Gasteiger partial charge in [0.15, 0.2) is 9.84 Å². The molecule has 11 nitrogen and oxygen atoms in total. The van der Waals surface area contributed by atoms with Gasteiger partial charge in [0.2, 0.25) is 17.7 Å². The Labute approximate surface area is 279 Å². The van der Waals surface area contributed by atoms with Gasteiger partial charge < -0.3 is 26.0 Å². The Morgan fingerprint density at radius 1 is 0.787 bits per heavy atom. The molecule has 47 heavy (non-hydrogen) atoms. The molecule has 2 aromatic rings. The maximum atomic E-state index is 13.6. The molecule has 0 aliphatic rings. The molecular weight excluding hydrogens is 620 g/mol. The van der Waals surface area contributed by atoms with Crippen molar-refractivity contribution in [1.29, 1.82) is 0 Å². The maximum Gasteiger partial charge on any atom is 0.408 e. The number of carbonyl (C=O) groups excluding carboxylic acids is 4. The number of carbonyl (C=O) groups is 4. The van der Waals surface area contributed by atoms with Crippen LogP contribution in [0.15, 0.2) is 72.1 Å². The second-order valence-electron chi connectivity index (χ2n) is 12.3. The Bertz CT molecular complexity index is 1430. The second-order valence-corrected chi connectivity index (χ2v) is 14.2. The predicted octanol–water partition coefficient (Wildman–Crippen LogP) is 4.04. The van der Waals surface area contributed by atoms with Crippen molar-refractivity contribution >= 4 is 33.7 Å². The molecule has 5 atom stereocenters. The van der Waals surface area contributed by atoms with Gasteiger partial charge in [-0.05, 0) is 49.1 Å². The van der Waals surface area contributed by atoms with Crippen molar-refractivity contribution in [1.82, 2.24) is 21.3 Å². The zero-order valence-electron chi connectivity index (χ0n) is 28.2. The van der Waals surface area contributed by atoms with Gasteiger partial charge in [-0.15, -0.1) is 0 Å². The van der Waals surface area contributed by atoms with E-state index in [1.165, 1.54) is 13.0 Å². The molecule has 2 rings (SSSR count). The van der Waals surface area contributed by atoms with E-state index in [-0.39, 0.29) is 24.9 Å². The van der Waals surface area contributed by atoms with Crippen LogP contribution in [0.5, 0.6) is 0 Å². The minimum Gasteiger partial charge on any atom is -0.445 e. The standard InChI is InChI=1S/C35H50N4O7S/c1-7-25(4)31(39-35(43)46-23-28-16-12-9-13-17-28)34(42)38-30(19-18-27-14-10-8-11-15-27)33(41)36-26(5)32(40)37-29(22-24(2)3)20-21-47(6,44)45/h8-17,20-21,24-26,29-31H,7,18-19,22-23H2,1-6H3,(H,36,41)(H,37,40)(H,38,42)(H,39,43). The van der Waals surface area contributed by atoms with Crippen LogP contribution >= 0.6 is 0 Å². The smallest absolute Gasteiger partial charge is 0.408 e. The van der Waals surface area contributed by atoms with Crippen LogP contribution in [0, 0.1) is 11.8 Å². The topological polar surface area (TPSA) is 160 Å². The summed E-state index contributed by atoms with van der Waals surface area (Å²) in [4.78, 5) is 52.9. The van der Waals surface area contributed by atoms with Crippen LogP contribution in [0.4, 0.5) is 4.79 Å². The monoisotopic (exact) mass is 670 g/mol. The molecule has 5 unspecified atom stereocenters. The summed E-state index contributed by atoms with van der Waals surface area (Å²) in [5.74, 6) is -1.74. The van der Waals surface area contributed by atoms with Gasteiger partial charge in [0.25, 0.3) is 0 Å². The molecule has 2 aromatic carbocycles. The van der Waals surface area contributed by atoms with E-state index in [9.17, 15) is 27.6 Å². The lowest BCUT2D eigenvalue weighted by Gasteiger charge is -2.27. The Morgan fingerprint density at radius 3 is 1.94 bits per heavy atom. The molecule has 0 aliphatic heterocycles. The fourth-order valence-electron chi connectivity index (χ4n) is 4.70. The van der Waals surface area contributed by atoms with Gasteiger partial charge in [0.1, 0.15) is 24.7 Å². The van der Waals surface area contributed by atoms with E-state index in [0.717, 1.165) is 22.8 Å². The number of ether oxygens (including phenoxy) is 1. The third-order valence-corrected chi connectivity index (χ3v) is 8.19. The first kappa shape index (κ1) is 39.0. The third kappa shape index (κ3) is 15.3. The number of benzene rings is 2. The number of nitrogens with one attached hydrogen (secondary N) is 4. The van der Waals surface area contributed by atoms with Gasteiger partial charge >= 0.3 is 6.09 Å². The fourth-order valence-corrected chi connectivity index (χ4v) is 5.17. The first-order valence-electron chi connectivity index (χ1n) is 16.0. The molecule has 0 saturated heterocycles. The zero-order chi connectivity index (χ0) is 35.0. The van der Waals surface area contributed by atoms with E-state index in [4.69, 9.17) is 4.74 Å². The molecule has 258 valence electrons. The number of hydrogen-bond donors (Lipinski definition) is 4. The van der Waals surface area contributed by atoms with Crippen molar-refractivity contribution in [2.45, 2.75) is 91.1 Å². The van der Waals surface area contributed by atoms with Crippen LogP contribution in [-0.2, 0) is 42.0 Å².